The standard InChI is InChI=1S/C9H19NO/c1-4-5-6-8(2)9(7-11)10-3/h7-10H,4-6H2,1-3H3/t8?,9-/m1/s1. The molecule has 0 saturated heterocycles. The highest BCUT2D eigenvalue weighted by atomic mass is 16.1. The van der Waals surface area contributed by atoms with Crippen molar-refractivity contribution >= 4 is 6.29 Å². The third-order valence-electron chi connectivity index (χ3n) is 2.11. The number of hydrogen-bond donors (Lipinski definition) is 1. The van der Waals surface area contributed by atoms with Crippen LogP contribution in [-0.4, -0.2) is 19.4 Å². The van der Waals surface area contributed by atoms with Crippen LogP contribution in [-0.2, 0) is 4.79 Å². The molecule has 2 nitrogen and oxygen atoms in total. The summed E-state index contributed by atoms with van der Waals surface area (Å²) in [5, 5.41) is 2.99. The van der Waals surface area contributed by atoms with Gasteiger partial charge in [0.2, 0.25) is 0 Å². The SMILES string of the molecule is CCCCC(C)[C@@H](C=O)NC. The van der Waals surface area contributed by atoms with Crippen molar-refractivity contribution in [3.63, 3.8) is 0 Å². The van der Waals surface area contributed by atoms with Crippen molar-refractivity contribution in [2.24, 2.45) is 5.92 Å². The summed E-state index contributed by atoms with van der Waals surface area (Å²) >= 11 is 0. The van der Waals surface area contributed by atoms with E-state index < -0.39 is 0 Å². The van der Waals surface area contributed by atoms with Gasteiger partial charge >= 0.3 is 0 Å². The van der Waals surface area contributed by atoms with Gasteiger partial charge in [0, 0.05) is 0 Å². The Morgan fingerprint density at radius 2 is 2.18 bits per heavy atom. The van der Waals surface area contributed by atoms with E-state index in [4.69, 9.17) is 0 Å². The minimum Gasteiger partial charge on any atom is -0.311 e. The van der Waals surface area contributed by atoms with E-state index in [1.165, 1.54) is 12.8 Å². The van der Waals surface area contributed by atoms with Crippen LogP contribution in [0.1, 0.15) is 33.1 Å². The van der Waals surface area contributed by atoms with Crippen molar-refractivity contribution < 1.29 is 4.79 Å². The average Bonchev–Trinajstić information content (AvgIpc) is 2.03. The Hall–Kier alpha value is -0.370. The zero-order valence-corrected chi connectivity index (χ0v) is 7.76. The first-order valence-electron chi connectivity index (χ1n) is 4.38. The summed E-state index contributed by atoms with van der Waals surface area (Å²) < 4.78 is 0. The van der Waals surface area contributed by atoms with Crippen LogP contribution in [0, 0.1) is 5.92 Å². The van der Waals surface area contributed by atoms with E-state index in [2.05, 4.69) is 19.2 Å². The van der Waals surface area contributed by atoms with Crippen LogP contribution in [0.5, 0.6) is 0 Å². The summed E-state index contributed by atoms with van der Waals surface area (Å²) in [6, 6.07) is 0.0431. The van der Waals surface area contributed by atoms with Crippen molar-refractivity contribution in [2.75, 3.05) is 7.05 Å². The van der Waals surface area contributed by atoms with Gasteiger partial charge in [0.05, 0.1) is 6.04 Å². The molecule has 0 aromatic carbocycles. The second kappa shape index (κ2) is 6.35. The highest BCUT2D eigenvalue weighted by Crippen LogP contribution is 2.10. The number of carbonyl (C=O) groups excluding carboxylic acids is 1. The molecule has 0 heterocycles. The molecule has 0 fully saturated rings. The fourth-order valence-corrected chi connectivity index (χ4v) is 1.19. The van der Waals surface area contributed by atoms with Crippen LogP contribution in [0.15, 0.2) is 0 Å². The van der Waals surface area contributed by atoms with Gasteiger partial charge in [-0.3, -0.25) is 0 Å². The molecule has 11 heavy (non-hydrogen) atoms. The van der Waals surface area contributed by atoms with Crippen LogP contribution in [0.2, 0.25) is 0 Å². The summed E-state index contributed by atoms with van der Waals surface area (Å²) in [6.07, 6.45) is 4.56. The molecule has 0 aromatic rings. The van der Waals surface area contributed by atoms with E-state index >= 15 is 0 Å². The minimum absolute atomic E-state index is 0.0431. The lowest BCUT2D eigenvalue weighted by Crippen LogP contribution is -2.33. The predicted octanol–water partition coefficient (Wildman–Crippen LogP) is 1.60. The van der Waals surface area contributed by atoms with Crippen molar-refractivity contribution in [2.45, 2.75) is 39.2 Å². The summed E-state index contributed by atoms with van der Waals surface area (Å²) in [4.78, 5) is 10.5. The highest BCUT2D eigenvalue weighted by molar-refractivity contribution is 5.57. The molecular weight excluding hydrogens is 138 g/mol. The quantitative estimate of drug-likeness (QED) is 0.593. The fourth-order valence-electron chi connectivity index (χ4n) is 1.19. The maximum absolute atomic E-state index is 10.5. The normalized spacial score (nSPS) is 15.9. The van der Waals surface area contributed by atoms with Crippen LogP contribution in [0.25, 0.3) is 0 Å². The maximum Gasteiger partial charge on any atom is 0.137 e. The van der Waals surface area contributed by atoms with Crippen molar-refractivity contribution in [1.82, 2.24) is 5.32 Å². The van der Waals surface area contributed by atoms with Crippen LogP contribution in [0.3, 0.4) is 0 Å². The molecule has 0 aliphatic rings. The molecule has 2 heteroatoms. The number of nitrogens with one attached hydrogen (secondary N) is 1. The number of carbonyl (C=O) groups is 1. The van der Waals surface area contributed by atoms with Crippen LogP contribution in [0.4, 0.5) is 0 Å². The van der Waals surface area contributed by atoms with E-state index in [0.717, 1.165) is 12.7 Å². The molecule has 0 saturated carbocycles. The molecule has 0 aliphatic carbocycles. The second-order valence-corrected chi connectivity index (χ2v) is 3.07. The monoisotopic (exact) mass is 157 g/mol. The first-order valence-corrected chi connectivity index (χ1v) is 4.38. The van der Waals surface area contributed by atoms with Gasteiger partial charge in [-0.25, -0.2) is 0 Å². The Morgan fingerprint density at radius 1 is 1.55 bits per heavy atom. The molecule has 1 N–H and O–H groups in total. The van der Waals surface area contributed by atoms with Gasteiger partial charge in [-0.15, -0.1) is 0 Å². The number of unbranched alkanes of at least 4 members (excludes halogenated alkanes) is 1. The second-order valence-electron chi connectivity index (χ2n) is 3.07. The summed E-state index contributed by atoms with van der Waals surface area (Å²) in [5.41, 5.74) is 0. The lowest BCUT2D eigenvalue weighted by molar-refractivity contribution is -0.110. The predicted molar refractivity (Wildman–Crippen MR) is 47.6 cm³/mol. The molecule has 0 radical (unpaired) electrons. The molecule has 0 amide bonds. The first-order chi connectivity index (χ1) is 5.26. The van der Waals surface area contributed by atoms with E-state index in [-0.39, 0.29) is 6.04 Å². The van der Waals surface area contributed by atoms with Gasteiger partial charge in [0.25, 0.3) is 0 Å². The van der Waals surface area contributed by atoms with Crippen LogP contribution >= 0.6 is 0 Å². The number of aldehydes is 1. The lowest BCUT2D eigenvalue weighted by atomic mass is 9.97. The van der Waals surface area contributed by atoms with Gasteiger partial charge in [0.1, 0.15) is 6.29 Å². The van der Waals surface area contributed by atoms with Gasteiger partial charge in [-0.2, -0.15) is 0 Å². The molecule has 0 bridgehead atoms. The third kappa shape index (κ3) is 4.14. The van der Waals surface area contributed by atoms with Crippen molar-refractivity contribution in [1.29, 1.82) is 0 Å². The summed E-state index contributed by atoms with van der Waals surface area (Å²) in [5.74, 6) is 0.470. The van der Waals surface area contributed by atoms with Gasteiger partial charge < -0.3 is 10.1 Å². The number of hydrogen-bond acceptors (Lipinski definition) is 2. The largest absolute Gasteiger partial charge is 0.311 e. The Kier molecular flexibility index (Phi) is 6.13. The molecule has 1 unspecified atom stereocenters. The topological polar surface area (TPSA) is 29.1 Å². The fraction of sp³-hybridized carbons (Fsp3) is 0.889. The molecule has 0 spiro atoms. The third-order valence-corrected chi connectivity index (χ3v) is 2.11. The van der Waals surface area contributed by atoms with Crippen LogP contribution < -0.4 is 5.32 Å². The molecular formula is C9H19NO. The van der Waals surface area contributed by atoms with E-state index in [1.54, 1.807) is 0 Å². The molecule has 66 valence electrons. The first kappa shape index (κ1) is 10.6. The highest BCUT2D eigenvalue weighted by Gasteiger charge is 2.12. The minimum atomic E-state index is 0.0431. The Bertz CT molecular complexity index is 104. The maximum atomic E-state index is 10.5. The molecule has 0 aliphatic heterocycles. The van der Waals surface area contributed by atoms with E-state index in [1.807, 2.05) is 7.05 Å². The Labute approximate surface area is 69.4 Å². The van der Waals surface area contributed by atoms with E-state index in [0.29, 0.717) is 5.92 Å². The average molecular weight is 157 g/mol. The van der Waals surface area contributed by atoms with E-state index in [9.17, 15) is 4.79 Å². The molecule has 0 rings (SSSR count). The molecule has 2 atom stereocenters. The van der Waals surface area contributed by atoms with Crippen molar-refractivity contribution in [3.8, 4) is 0 Å². The number of rotatable bonds is 6. The lowest BCUT2D eigenvalue weighted by Gasteiger charge is -2.16. The Morgan fingerprint density at radius 3 is 2.55 bits per heavy atom. The molecule has 0 aromatic heterocycles. The van der Waals surface area contributed by atoms with Gasteiger partial charge in [-0.1, -0.05) is 26.7 Å². The zero-order valence-electron chi connectivity index (χ0n) is 7.76. The smallest absolute Gasteiger partial charge is 0.137 e. The zero-order chi connectivity index (χ0) is 8.69. The number of likely N-dealkylation sites (N-methyl/N-ethyl adjacent to an activating group) is 1. The summed E-state index contributed by atoms with van der Waals surface area (Å²) in [6.45, 7) is 4.28. The summed E-state index contributed by atoms with van der Waals surface area (Å²) in [7, 11) is 1.83. The van der Waals surface area contributed by atoms with Gasteiger partial charge in [-0.05, 0) is 19.4 Å². The van der Waals surface area contributed by atoms with Crippen molar-refractivity contribution in [3.05, 3.63) is 0 Å². The van der Waals surface area contributed by atoms with Gasteiger partial charge in [0.15, 0.2) is 0 Å². The Balaban J connectivity index is 3.59.